The predicted molar refractivity (Wildman–Crippen MR) is 85.2 cm³/mol. The molecule has 2 atom stereocenters. The number of nitrogens with two attached hydrogens (primary N) is 1. The van der Waals surface area contributed by atoms with Gasteiger partial charge in [0.05, 0.1) is 35.6 Å². The van der Waals surface area contributed by atoms with Crippen LogP contribution in [0.3, 0.4) is 0 Å². The van der Waals surface area contributed by atoms with E-state index in [4.69, 9.17) is 10.6 Å². The van der Waals surface area contributed by atoms with E-state index in [-0.39, 0.29) is 6.04 Å². The van der Waals surface area contributed by atoms with Gasteiger partial charge in [0.15, 0.2) is 0 Å². The summed E-state index contributed by atoms with van der Waals surface area (Å²) in [6, 6.07) is 0.111. The van der Waals surface area contributed by atoms with Crippen LogP contribution in [0.4, 0.5) is 0 Å². The molecule has 0 saturated carbocycles. The van der Waals surface area contributed by atoms with Gasteiger partial charge in [0.25, 0.3) is 0 Å². The van der Waals surface area contributed by atoms with Crippen molar-refractivity contribution in [1.82, 2.24) is 15.2 Å². The Kier molecular flexibility index (Phi) is 8.37. The molecule has 0 aliphatic rings. The molecule has 1 aromatic rings. The molecular formula is C14H27BrN4O. The van der Waals surface area contributed by atoms with Gasteiger partial charge in [0.2, 0.25) is 0 Å². The lowest BCUT2D eigenvalue weighted by Gasteiger charge is -2.27. The second kappa shape index (κ2) is 9.50. The van der Waals surface area contributed by atoms with Gasteiger partial charge in [0, 0.05) is 7.11 Å². The van der Waals surface area contributed by atoms with E-state index in [9.17, 15) is 0 Å². The summed E-state index contributed by atoms with van der Waals surface area (Å²) in [4.78, 5) is 0. The van der Waals surface area contributed by atoms with Gasteiger partial charge in [-0.25, -0.2) is 0 Å². The Morgan fingerprint density at radius 2 is 2.25 bits per heavy atom. The molecule has 0 saturated heterocycles. The molecule has 0 aromatic carbocycles. The van der Waals surface area contributed by atoms with Crippen molar-refractivity contribution in [3.63, 3.8) is 0 Å². The second-order valence-corrected chi connectivity index (χ2v) is 5.90. The Balaban J connectivity index is 2.94. The Labute approximate surface area is 130 Å². The maximum Gasteiger partial charge on any atom is 0.0713 e. The maximum atomic E-state index is 5.84. The Morgan fingerprint density at radius 1 is 1.50 bits per heavy atom. The lowest BCUT2D eigenvalue weighted by atomic mass is 9.89. The van der Waals surface area contributed by atoms with Crippen molar-refractivity contribution in [3.05, 3.63) is 16.4 Å². The van der Waals surface area contributed by atoms with E-state index in [0.717, 1.165) is 23.1 Å². The molecule has 3 N–H and O–H groups in total. The van der Waals surface area contributed by atoms with Gasteiger partial charge in [-0.3, -0.25) is 16.0 Å². The third-order valence-corrected chi connectivity index (χ3v) is 4.35. The minimum atomic E-state index is 0.111. The first kappa shape index (κ1) is 17.6. The summed E-state index contributed by atoms with van der Waals surface area (Å²) >= 11 is 3.60. The highest BCUT2D eigenvalue weighted by Crippen LogP contribution is 2.32. The highest BCUT2D eigenvalue weighted by Gasteiger charge is 2.26. The molecule has 0 spiro atoms. The minimum absolute atomic E-state index is 0.111. The van der Waals surface area contributed by atoms with Crippen LogP contribution in [0, 0.1) is 5.92 Å². The van der Waals surface area contributed by atoms with Crippen LogP contribution in [0.25, 0.3) is 0 Å². The number of hydrazine groups is 1. The predicted octanol–water partition coefficient (Wildman–Crippen LogP) is 3.01. The fourth-order valence-corrected chi connectivity index (χ4v) is 3.09. The van der Waals surface area contributed by atoms with Gasteiger partial charge in [-0.15, -0.1) is 0 Å². The van der Waals surface area contributed by atoms with E-state index < -0.39 is 0 Å². The molecule has 20 heavy (non-hydrogen) atoms. The van der Waals surface area contributed by atoms with Crippen molar-refractivity contribution in [2.45, 2.75) is 52.1 Å². The van der Waals surface area contributed by atoms with Crippen LogP contribution in [0.1, 0.15) is 51.3 Å². The third kappa shape index (κ3) is 4.55. The fraction of sp³-hybridized carbons (Fsp3) is 0.786. The molecule has 1 aromatic heterocycles. The fourth-order valence-electron chi connectivity index (χ4n) is 2.55. The quantitative estimate of drug-likeness (QED) is 0.504. The Hall–Kier alpha value is -0.430. The topological polar surface area (TPSA) is 65.1 Å². The molecule has 116 valence electrons. The van der Waals surface area contributed by atoms with Crippen molar-refractivity contribution in [3.8, 4) is 0 Å². The summed E-state index contributed by atoms with van der Waals surface area (Å²) in [6.07, 6.45) is 6.53. The van der Waals surface area contributed by atoms with E-state index in [0.29, 0.717) is 12.5 Å². The summed E-state index contributed by atoms with van der Waals surface area (Å²) in [5.41, 5.74) is 4.11. The number of ether oxygens (including phenoxy) is 1. The molecule has 5 nitrogen and oxygen atoms in total. The van der Waals surface area contributed by atoms with Gasteiger partial charge in [-0.2, -0.15) is 5.10 Å². The summed E-state index contributed by atoms with van der Waals surface area (Å²) in [5.74, 6) is 6.34. The molecular weight excluding hydrogens is 320 g/mol. The number of aromatic nitrogens is 2. The summed E-state index contributed by atoms with van der Waals surface area (Å²) in [7, 11) is 1.70. The molecule has 1 heterocycles. The number of nitrogens with zero attached hydrogens (tertiary/aromatic N) is 2. The summed E-state index contributed by atoms with van der Waals surface area (Å²) in [6.45, 7) is 5.81. The Morgan fingerprint density at radius 3 is 2.80 bits per heavy atom. The number of rotatable bonds is 10. The smallest absolute Gasteiger partial charge is 0.0713 e. The monoisotopic (exact) mass is 346 g/mol. The van der Waals surface area contributed by atoms with Crippen LogP contribution in [-0.2, 0) is 11.3 Å². The standard InChI is InChI=1S/C14H27BrN4O/c1-4-6-7-11(5-2)13(18-16)14-12(15)10-17-19(14)8-9-20-3/h10-11,13,18H,4-9,16H2,1-3H3. The van der Waals surface area contributed by atoms with E-state index in [2.05, 4.69) is 40.3 Å². The van der Waals surface area contributed by atoms with Gasteiger partial charge in [0.1, 0.15) is 0 Å². The number of hydrogen-bond donors (Lipinski definition) is 2. The van der Waals surface area contributed by atoms with Crippen LogP contribution in [0.2, 0.25) is 0 Å². The van der Waals surface area contributed by atoms with E-state index >= 15 is 0 Å². The number of unbranched alkanes of at least 4 members (excludes halogenated alkanes) is 1. The number of hydrogen-bond acceptors (Lipinski definition) is 4. The van der Waals surface area contributed by atoms with Crippen molar-refractivity contribution >= 4 is 15.9 Å². The first-order valence-electron chi connectivity index (χ1n) is 7.35. The first-order valence-corrected chi connectivity index (χ1v) is 8.15. The average Bonchev–Trinajstić information content (AvgIpc) is 2.82. The molecule has 2 unspecified atom stereocenters. The molecule has 0 aliphatic heterocycles. The molecule has 0 bridgehead atoms. The summed E-state index contributed by atoms with van der Waals surface area (Å²) in [5, 5.41) is 4.41. The van der Waals surface area contributed by atoms with Gasteiger partial charge in [-0.05, 0) is 28.3 Å². The first-order chi connectivity index (χ1) is 9.69. The van der Waals surface area contributed by atoms with E-state index in [1.165, 1.54) is 19.3 Å². The van der Waals surface area contributed by atoms with E-state index in [1.54, 1.807) is 7.11 Å². The van der Waals surface area contributed by atoms with Crippen LogP contribution in [-0.4, -0.2) is 23.5 Å². The molecule has 0 fully saturated rings. The van der Waals surface area contributed by atoms with Gasteiger partial charge in [-0.1, -0.05) is 33.1 Å². The lowest BCUT2D eigenvalue weighted by Crippen LogP contribution is -2.35. The molecule has 0 amide bonds. The van der Waals surface area contributed by atoms with Gasteiger partial charge < -0.3 is 4.74 Å². The second-order valence-electron chi connectivity index (χ2n) is 5.05. The maximum absolute atomic E-state index is 5.84. The normalized spacial score (nSPS) is 14.4. The number of halogens is 1. The van der Waals surface area contributed by atoms with Crippen LogP contribution in [0.15, 0.2) is 10.7 Å². The minimum Gasteiger partial charge on any atom is -0.383 e. The van der Waals surface area contributed by atoms with Crippen molar-refractivity contribution in [2.24, 2.45) is 11.8 Å². The van der Waals surface area contributed by atoms with Crippen LogP contribution in [0.5, 0.6) is 0 Å². The van der Waals surface area contributed by atoms with Crippen molar-refractivity contribution < 1.29 is 4.74 Å². The highest BCUT2D eigenvalue weighted by molar-refractivity contribution is 9.10. The summed E-state index contributed by atoms with van der Waals surface area (Å²) < 4.78 is 8.13. The SMILES string of the molecule is CCCCC(CC)C(NN)c1c(Br)cnn1CCOC. The van der Waals surface area contributed by atoms with Gasteiger partial charge >= 0.3 is 0 Å². The van der Waals surface area contributed by atoms with E-state index in [1.807, 2.05) is 10.9 Å². The molecule has 6 heteroatoms. The van der Waals surface area contributed by atoms with Crippen LogP contribution < -0.4 is 11.3 Å². The van der Waals surface area contributed by atoms with Crippen LogP contribution >= 0.6 is 15.9 Å². The van der Waals surface area contributed by atoms with Crippen molar-refractivity contribution in [2.75, 3.05) is 13.7 Å². The average molecular weight is 347 g/mol. The van der Waals surface area contributed by atoms with Crippen molar-refractivity contribution in [1.29, 1.82) is 0 Å². The molecule has 0 aliphatic carbocycles. The molecule has 1 rings (SSSR count). The highest BCUT2D eigenvalue weighted by atomic mass is 79.9. The number of nitrogens with one attached hydrogen (secondary N) is 1. The zero-order valence-corrected chi connectivity index (χ0v) is 14.3. The Bertz CT molecular complexity index is 383. The lowest BCUT2D eigenvalue weighted by molar-refractivity contribution is 0.180. The molecule has 0 radical (unpaired) electrons. The zero-order valence-electron chi connectivity index (χ0n) is 12.7. The largest absolute Gasteiger partial charge is 0.383 e. The number of methoxy groups -OCH3 is 1. The zero-order chi connectivity index (χ0) is 15.0. The third-order valence-electron chi connectivity index (χ3n) is 3.74.